The van der Waals surface area contributed by atoms with Crippen LogP contribution in [0.2, 0.25) is 0 Å². The summed E-state index contributed by atoms with van der Waals surface area (Å²) in [6.07, 6.45) is 1.76. The van der Waals surface area contributed by atoms with E-state index in [1.54, 1.807) is 0 Å². The van der Waals surface area contributed by atoms with E-state index in [0.29, 0.717) is 24.9 Å². The van der Waals surface area contributed by atoms with Gasteiger partial charge in [-0.05, 0) is 23.8 Å². The molecule has 1 aliphatic rings. The van der Waals surface area contributed by atoms with Crippen LogP contribution in [0.4, 0.5) is 0 Å². The van der Waals surface area contributed by atoms with E-state index < -0.39 is 0 Å². The van der Waals surface area contributed by atoms with E-state index in [0.717, 1.165) is 18.6 Å². The van der Waals surface area contributed by atoms with Gasteiger partial charge in [-0.3, -0.25) is 4.79 Å². The number of hydrogen-bond acceptors (Lipinski definition) is 3. The summed E-state index contributed by atoms with van der Waals surface area (Å²) in [4.78, 5) is 11.9. The zero-order chi connectivity index (χ0) is 13.7. The average molecular weight is 262 g/mol. The van der Waals surface area contributed by atoms with Crippen LogP contribution in [0.15, 0.2) is 30.3 Å². The van der Waals surface area contributed by atoms with Crippen molar-refractivity contribution in [3.63, 3.8) is 0 Å². The molecule has 0 amide bonds. The highest BCUT2D eigenvalue weighted by Gasteiger charge is 2.34. The first-order valence-electron chi connectivity index (χ1n) is 6.96. The van der Waals surface area contributed by atoms with Crippen LogP contribution in [0.1, 0.15) is 32.3 Å². The Morgan fingerprint density at radius 3 is 2.63 bits per heavy atom. The van der Waals surface area contributed by atoms with Crippen molar-refractivity contribution < 1.29 is 14.3 Å². The molecule has 19 heavy (non-hydrogen) atoms. The van der Waals surface area contributed by atoms with Gasteiger partial charge >= 0.3 is 5.97 Å². The van der Waals surface area contributed by atoms with Gasteiger partial charge in [0, 0.05) is 0 Å². The summed E-state index contributed by atoms with van der Waals surface area (Å²) >= 11 is 0. The van der Waals surface area contributed by atoms with Crippen LogP contribution in [-0.4, -0.2) is 18.7 Å². The Kier molecular flexibility index (Phi) is 4.97. The lowest BCUT2D eigenvalue weighted by Crippen LogP contribution is -2.18. The van der Waals surface area contributed by atoms with Crippen LogP contribution < -0.4 is 0 Å². The van der Waals surface area contributed by atoms with Gasteiger partial charge < -0.3 is 9.47 Å². The van der Waals surface area contributed by atoms with E-state index in [4.69, 9.17) is 9.47 Å². The van der Waals surface area contributed by atoms with Crippen molar-refractivity contribution in [2.45, 2.75) is 39.4 Å². The maximum absolute atomic E-state index is 11.9. The third kappa shape index (κ3) is 5.03. The largest absolute Gasteiger partial charge is 0.461 e. The molecular formula is C16H22O3. The molecule has 3 nitrogen and oxygen atoms in total. The summed E-state index contributed by atoms with van der Waals surface area (Å²) in [6.45, 7) is 5.50. The Bertz CT molecular complexity index is 396. The molecule has 0 aliphatic carbocycles. The fraction of sp³-hybridized carbons (Fsp3) is 0.562. The van der Waals surface area contributed by atoms with Gasteiger partial charge in [0.2, 0.25) is 0 Å². The molecular weight excluding hydrogens is 240 g/mol. The van der Waals surface area contributed by atoms with Gasteiger partial charge in [0.25, 0.3) is 0 Å². The van der Waals surface area contributed by atoms with E-state index in [9.17, 15) is 4.79 Å². The second-order valence-electron chi connectivity index (χ2n) is 5.61. The summed E-state index contributed by atoms with van der Waals surface area (Å²) in [5.41, 5.74) is 1.03. The summed E-state index contributed by atoms with van der Waals surface area (Å²) < 4.78 is 10.7. The van der Waals surface area contributed by atoms with Crippen LogP contribution in [0.5, 0.6) is 0 Å². The monoisotopic (exact) mass is 262 g/mol. The van der Waals surface area contributed by atoms with Crippen LogP contribution in [0.25, 0.3) is 0 Å². The molecule has 0 saturated carbocycles. The number of rotatable bonds is 7. The van der Waals surface area contributed by atoms with E-state index in [-0.39, 0.29) is 12.1 Å². The standard InChI is InChI=1S/C16H22O3/c1-12(2)8-14(15-11-18-15)9-16(17)19-10-13-6-4-3-5-7-13/h3-7,12,14-15H,8-11H2,1-2H3/t14-,15?/m0/s1. The molecule has 1 aliphatic heterocycles. The number of carbonyl (C=O) groups excluding carboxylic acids is 1. The van der Waals surface area contributed by atoms with Crippen molar-refractivity contribution >= 4 is 5.97 Å². The molecule has 1 unspecified atom stereocenters. The van der Waals surface area contributed by atoms with Crippen LogP contribution in [0.3, 0.4) is 0 Å². The van der Waals surface area contributed by atoms with Crippen molar-refractivity contribution in [2.24, 2.45) is 11.8 Å². The molecule has 1 fully saturated rings. The predicted molar refractivity (Wildman–Crippen MR) is 73.5 cm³/mol. The molecule has 2 rings (SSSR count). The quantitative estimate of drug-likeness (QED) is 0.559. The summed E-state index contributed by atoms with van der Waals surface area (Å²) in [5.74, 6) is 0.768. The number of benzene rings is 1. The molecule has 104 valence electrons. The average Bonchev–Trinajstić information content (AvgIpc) is 3.20. The minimum absolute atomic E-state index is 0.120. The molecule has 1 aromatic carbocycles. The molecule has 0 aromatic heterocycles. The number of hydrogen-bond donors (Lipinski definition) is 0. The molecule has 0 radical (unpaired) electrons. The Morgan fingerprint density at radius 1 is 1.37 bits per heavy atom. The van der Waals surface area contributed by atoms with E-state index in [2.05, 4.69) is 13.8 Å². The minimum atomic E-state index is -0.120. The normalized spacial score (nSPS) is 19.2. The molecule has 1 aromatic rings. The van der Waals surface area contributed by atoms with Gasteiger partial charge in [0.15, 0.2) is 0 Å². The van der Waals surface area contributed by atoms with Crippen molar-refractivity contribution in [2.75, 3.05) is 6.61 Å². The lowest BCUT2D eigenvalue weighted by atomic mass is 9.91. The molecule has 1 saturated heterocycles. The predicted octanol–water partition coefficient (Wildman–Crippen LogP) is 3.18. The highest BCUT2D eigenvalue weighted by Crippen LogP contribution is 2.29. The topological polar surface area (TPSA) is 38.8 Å². The van der Waals surface area contributed by atoms with Crippen LogP contribution in [0, 0.1) is 11.8 Å². The molecule has 0 N–H and O–H groups in total. The first kappa shape index (κ1) is 14.1. The van der Waals surface area contributed by atoms with Gasteiger partial charge in [-0.2, -0.15) is 0 Å². The molecule has 0 spiro atoms. The number of epoxide rings is 1. The Hall–Kier alpha value is -1.35. The van der Waals surface area contributed by atoms with Crippen LogP contribution in [-0.2, 0) is 20.9 Å². The lowest BCUT2D eigenvalue weighted by Gasteiger charge is -2.16. The van der Waals surface area contributed by atoms with E-state index >= 15 is 0 Å². The van der Waals surface area contributed by atoms with Crippen molar-refractivity contribution in [1.82, 2.24) is 0 Å². The molecule has 0 bridgehead atoms. The highest BCUT2D eigenvalue weighted by atomic mass is 16.6. The third-order valence-electron chi connectivity index (χ3n) is 3.33. The molecule has 3 heteroatoms. The SMILES string of the molecule is CC(C)C[C@@H](CC(=O)OCc1ccccc1)C1CO1. The highest BCUT2D eigenvalue weighted by molar-refractivity contribution is 5.69. The second kappa shape index (κ2) is 6.71. The number of carbonyl (C=O) groups is 1. The Labute approximate surface area is 114 Å². The van der Waals surface area contributed by atoms with Crippen molar-refractivity contribution in [3.8, 4) is 0 Å². The van der Waals surface area contributed by atoms with Crippen molar-refractivity contribution in [1.29, 1.82) is 0 Å². The first-order valence-corrected chi connectivity index (χ1v) is 6.96. The summed E-state index contributed by atoms with van der Waals surface area (Å²) in [6, 6.07) is 9.77. The second-order valence-corrected chi connectivity index (χ2v) is 5.61. The molecule has 1 heterocycles. The minimum Gasteiger partial charge on any atom is -0.461 e. The molecule has 2 atom stereocenters. The van der Waals surface area contributed by atoms with E-state index in [1.165, 1.54) is 0 Å². The van der Waals surface area contributed by atoms with Gasteiger partial charge in [-0.25, -0.2) is 0 Å². The third-order valence-corrected chi connectivity index (χ3v) is 3.33. The van der Waals surface area contributed by atoms with Gasteiger partial charge in [0.05, 0.1) is 19.1 Å². The summed E-state index contributed by atoms with van der Waals surface area (Å²) in [7, 11) is 0. The number of esters is 1. The first-order chi connectivity index (χ1) is 9.15. The van der Waals surface area contributed by atoms with Gasteiger partial charge in [0.1, 0.15) is 6.61 Å². The summed E-state index contributed by atoms with van der Waals surface area (Å²) in [5, 5.41) is 0. The van der Waals surface area contributed by atoms with Gasteiger partial charge in [-0.15, -0.1) is 0 Å². The maximum atomic E-state index is 11.9. The number of ether oxygens (including phenoxy) is 2. The zero-order valence-electron chi connectivity index (χ0n) is 11.7. The Morgan fingerprint density at radius 2 is 2.05 bits per heavy atom. The smallest absolute Gasteiger partial charge is 0.306 e. The van der Waals surface area contributed by atoms with Crippen LogP contribution >= 0.6 is 0 Å². The fourth-order valence-corrected chi connectivity index (χ4v) is 2.31. The Balaban J connectivity index is 1.76. The lowest BCUT2D eigenvalue weighted by molar-refractivity contribution is -0.146. The maximum Gasteiger partial charge on any atom is 0.306 e. The van der Waals surface area contributed by atoms with Crippen molar-refractivity contribution in [3.05, 3.63) is 35.9 Å². The van der Waals surface area contributed by atoms with Gasteiger partial charge in [-0.1, -0.05) is 44.2 Å². The zero-order valence-corrected chi connectivity index (χ0v) is 11.7. The van der Waals surface area contributed by atoms with E-state index in [1.807, 2.05) is 30.3 Å². The fourth-order valence-electron chi connectivity index (χ4n) is 2.31.